The third kappa shape index (κ3) is 3.44. The maximum atomic E-state index is 13.1. The lowest BCUT2D eigenvalue weighted by molar-refractivity contribution is 0.0730. The van der Waals surface area contributed by atoms with Gasteiger partial charge < -0.3 is 9.88 Å². The van der Waals surface area contributed by atoms with Gasteiger partial charge in [-0.05, 0) is 23.8 Å². The normalized spacial score (nSPS) is 10.9. The Labute approximate surface area is 149 Å². The molecule has 0 spiro atoms. The quantitative estimate of drug-likeness (QED) is 0.596. The van der Waals surface area contributed by atoms with Crippen molar-refractivity contribution in [1.82, 2.24) is 19.9 Å². The van der Waals surface area contributed by atoms with Crippen LogP contribution in [-0.4, -0.2) is 25.8 Å². The maximum Gasteiger partial charge on any atom is 0.254 e. The van der Waals surface area contributed by atoms with Crippen molar-refractivity contribution in [3.8, 4) is 0 Å². The SMILES string of the molecule is O=C(c1ccc2nc[nH]c2c1)N(Cc1ccccc1)Cc1nccs1. The fourth-order valence-corrected chi connectivity index (χ4v) is 3.38. The van der Waals surface area contributed by atoms with Crippen molar-refractivity contribution < 1.29 is 4.79 Å². The average Bonchev–Trinajstić information content (AvgIpc) is 3.32. The van der Waals surface area contributed by atoms with Crippen LogP contribution in [0, 0.1) is 0 Å². The standard InChI is InChI=1S/C19H16N4OS/c24-19(15-6-7-16-17(10-15)22-13-21-16)23(12-18-20-8-9-25-18)11-14-4-2-1-3-5-14/h1-10,13H,11-12H2,(H,21,22). The van der Waals surface area contributed by atoms with E-state index in [1.165, 1.54) is 0 Å². The number of hydrogen-bond donors (Lipinski definition) is 1. The summed E-state index contributed by atoms with van der Waals surface area (Å²) in [5.74, 6) is -0.0180. The Kier molecular flexibility index (Phi) is 4.26. The molecule has 0 saturated heterocycles. The number of fused-ring (bicyclic) bond motifs is 1. The number of rotatable bonds is 5. The minimum Gasteiger partial charge on any atom is -0.345 e. The van der Waals surface area contributed by atoms with E-state index in [4.69, 9.17) is 0 Å². The molecule has 2 aromatic heterocycles. The van der Waals surface area contributed by atoms with Gasteiger partial charge >= 0.3 is 0 Å². The molecular formula is C19H16N4OS. The number of aromatic nitrogens is 3. The summed E-state index contributed by atoms with van der Waals surface area (Å²) in [6.45, 7) is 1.03. The zero-order valence-electron chi connectivity index (χ0n) is 13.4. The fraction of sp³-hybridized carbons (Fsp3) is 0.105. The average molecular weight is 348 g/mol. The van der Waals surface area contributed by atoms with Gasteiger partial charge in [-0.2, -0.15) is 0 Å². The van der Waals surface area contributed by atoms with E-state index in [0.29, 0.717) is 18.7 Å². The van der Waals surface area contributed by atoms with Crippen LogP contribution in [0.3, 0.4) is 0 Å². The van der Waals surface area contributed by atoms with Crippen molar-refractivity contribution in [2.24, 2.45) is 0 Å². The molecule has 0 aliphatic heterocycles. The Morgan fingerprint density at radius 1 is 1.08 bits per heavy atom. The number of aromatic amines is 1. The molecule has 2 heterocycles. The smallest absolute Gasteiger partial charge is 0.254 e. The van der Waals surface area contributed by atoms with Crippen molar-refractivity contribution in [2.45, 2.75) is 13.1 Å². The molecule has 0 bridgehead atoms. The van der Waals surface area contributed by atoms with Gasteiger partial charge in [-0.3, -0.25) is 4.79 Å². The van der Waals surface area contributed by atoms with Crippen LogP contribution >= 0.6 is 11.3 Å². The molecule has 2 aromatic carbocycles. The summed E-state index contributed by atoms with van der Waals surface area (Å²) < 4.78 is 0. The van der Waals surface area contributed by atoms with E-state index < -0.39 is 0 Å². The third-order valence-corrected chi connectivity index (χ3v) is 4.74. The van der Waals surface area contributed by atoms with Crippen molar-refractivity contribution in [3.05, 3.63) is 82.6 Å². The predicted molar refractivity (Wildman–Crippen MR) is 98.2 cm³/mol. The Morgan fingerprint density at radius 3 is 2.76 bits per heavy atom. The second-order valence-electron chi connectivity index (χ2n) is 5.71. The summed E-state index contributed by atoms with van der Waals surface area (Å²) in [5, 5.41) is 2.85. The number of carbonyl (C=O) groups is 1. The first-order valence-electron chi connectivity index (χ1n) is 7.94. The number of thiazole rings is 1. The summed E-state index contributed by atoms with van der Waals surface area (Å²) in [6.07, 6.45) is 3.40. The van der Waals surface area contributed by atoms with Gasteiger partial charge in [-0.15, -0.1) is 11.3 Å². The number of amides is 1. The summed E-state index contributed by atoms with van der Waals surface area (Å²) in [6, 6.07) is 15.5. The molecule has 1 N–H and O–H groups in total. The van der Waals surface area contributed by atoms with Crippen LogP contribution in [0.5, 0.6) is 0 Å². The highest BCUT2D eigenvalue weighted by molar-refractivity contribution is 7.09. The number of hydrogen-bond acceptors (Lipinski definition) is 4. The molecule has 4 rings (SSSR count). The molecule has 0 aliphatic carbocycles. The molecule has 0 unspecified atom stereocenters. The fourth-order valence-electron chi connectivity index (χ4n) is 2.75. The van der Waals surface area contributed by atoms with Gasteiger partial charge in [0.1, 0.15) is 5.01 Å². The van der Waals surface area contributed by atoms with Crippen LogP contribution in [0.15, 0.2) is 66.4 Å². The molecule has 1 amide bonds. The minimum absolute atomic E-state index is 0.0180. The van der Waals surface area contributed by atoms with Crippen molar-refractivity contribution in [1.29, 1.82) is 0 Å². The Bertz CT molecular complexity index is 979. The zero-order valence-corrected chi connectivity index (χ0v) is 14.2. The van der Waals surface area contributed by atoms with Crippen LogP contribution in [0.4, 0.5) is 0 Å². The number of imidazole rings is 1. The molecule has 124 valence electrons. The van der Waals surface area contributed by atoms with E-state index in [0.717, 1.165) is 21.6 Å². The van der Waals surface area contributed by atoms with Crippen LogP contribution in [0.2, 0.25) is 0 Å². The highest BCUT2D eigenvalue weighted by Gasteiger charge is 2.18. The molecule has 25 heavy (non-hydrogen) atoms. The van der Waals surface area contributed by atoms with Gasteiger partial charge in [-0.25, -0.2) is 9.97 Å². The van der Waals surface area contributed by atoms with Crippen molar-refractivity contribution >= 4 is 28.3 Å². The number of H-pyrrole nitrogens is 1. The van der Waals surface area contributed by atoms with E-state index in [1.807, 2.05) is 58.8 Å². The molecule has 4 aromatic rings. The second-order valence-corrected chi connectivity index (χ2v) is 6.69. The molecule has 0 radical (unpaired) electrons. The van der Waals surface area contributed by atoms with Gasteiger partial charge in [0, 0.05) is 23.7 Å². The lowest BCUT2D eigenvalue weighted by atomic mass is 10.1. The summed E-state index contributed by atoms with van der Waals surface area (Å²) >= 11 is 1.56. The molecule has 0 fully saturated rings. The van der Waals surface area contributed by atoms with Gasteiger partial charge in [0.2, 0.25) is 0 Å². The monoisotopic (exact) mass is 348 g/mol. The first-order chi connectivity index (χ1) is 12.3. The van der Waals surface area contributed by atoms with E-state index >= 15 is 0 Å². The van der Waals surface area contributed by atoms with Gasteiger partial charge in [0.25, 0.3) is 5.91 Å². The summed E-state index contributed by atoms with van der Waals surface area (Å²) in [7, 11) is 0. The van der Waals surface area contributed by atoms with Crippen LogP contribution in [0.25, 0.3) is 11.0 Å². The number of benzene rings is 2. The predicted octanol–water partition coefficient (Wildman–Crippen LogP) is 3.86. The topological polar surface area (TPSA) is 61.9 Å². The van der Waals surface area contributed by atoms with Gasteiger partial charge in [0.15, 0.2) is 0 Å². The number of carbonyl (C=O) groups excluding carboxylic acids is 1. The lowest BCUT2D eigenvalue weighted by Gasteiger charge is -2.22. The van der Waals surface area contributed by atoms with Crippen molar-refractivity contribution in [3.63, 3.8) is 0 Å². The van der Waals surface area contributed by atoms with E-state index in [9.17, 15) is 4.79 Å². The molecule has 0 atom stereocenters. The highest BCUT2D eigenvalue weighted by Crippen LogP contribution is 2.18. The molecule has 5 nitrogen and oxygen atoms in total. The first kappa shape index (κ1) is 15.5. The molecule has 0 aliphatic rings. The molecule has 6 heteroatoms. The largest absolute Gasteiger partial charge is 0.345 e. The van der Waals surface area contributed by atoms with Gasteiger partial charge in [0.05, 0.1) is 23.9 Å². The van der Waals surface area contributed by atoms with Crippen LogP contribution in [-0.2, 0) is 13.1 Å². The first-order valence-corrected chi connectivity index (χ1v) is 8.82. The molecular weight excluding hydrogens is 332 g/mol. The number of nitrogens with one attached hydrogen (secondary N) is 1. The Morgan fingerprint density at radius 2 is 1.96 bits per heavy atom. The van der Waals surface area contributed by atoms with Crippen LogP contribution in [0.1, 0.15) is 20.9 Å². The van der Waals surface area contributed by atoms with E-state index in [1.54, 1.807) is 23.9 Å². The number of nitrogens with zero attached hydrogens (tertiary/aromatic N) is 3. The van der Waals surface area contributed by atoms with Gasteiger partial charge in [-0.1, -0.05) is 30.3 Å². The molecule has 0 saturated carbocycles. The zero-order chi connectivity index (χ0) is 17.1. The Hall–Kier alpha value is -2.99. The maximum absolute atomic E-state index is 13.1. The summed E-state index contributed by atoms with van der Waals surface area (Å²) in [5.41, 5.74) is 3.45. The minimum atomic E-state index is -0.0180. The third-order valence-electron chi connectivity index (χ3n) is 3.98. The Balaban J connectivity index is 1.64. The highest BCUT2D eigenvalue weighted by atomic mass is 32.1. The van der Waals surface area contributed by atoms with Crippen LogP contribution < -0.4 is 0 Å². The second kappa shape index (κ2) is 6.86. The van der Waals surface area contributed by atoms with Crippen molar-refractivity contribution in [2.75, 3.05) is 0 Å². The lowest BCUT2D eigenvalue weighted by Crippen LogP contribution is -2.30. The summed E-state index contributed by atoms with van der Waals surface area (Å²) in [4.78, 5) is 26.5. The van der Waals surface area contributed by atoms with E-state index in [-0.39, 0.29) is 5.91 Å². The van der Waals surface area contributed by atoms with E-state index in [2.05, 4.69) is 15.0 Å².